The molecule has 22 heavy (non-hydrogen) atoms. The van der Waals surface area contributed by atoms with Crippen molar-refractivity contribution in [2.24, 2.45) is 11.7 Å². The summed E-state index contributed by atoms with van der Waals surface area (Å²) in [6.07, 6.45) is 2.10. The predicted octanol–water partition coefficient (Wildman–Crippen LogP) is 2.47. The van der Waals surface area contributed by atoms with Crippen molar-refractivity contribution >= 4 is 21.8 Å². The Morgan fingerprint density at radius 3 is 2.50 bits per heavy atom. The molecule has 1 amide bonds. The Bertz CT molecular complexity index is 493. The molecule has 1 atom stereocenters. The molecule has 0 aliphatic carbocycles. The number of carbonyl (C=O) groups excluding carboxylic acids is 1. The van der Waals surface area contributed by atoms with E-state index in [1.54, 1.807) is 0 Å². The van der Waals surface area contributed by atoms with Crippen LogP contribution < -0.4 is 11.1 Å². The van der Waals surface area contributed by atoms with E-state index >= 15 is 0 Å². The topological polar surface area (TPSA) is 58.4 Å². The molecule has 1 aromatic carbocycles. The molecule has 1 unspecified atom stereocenters. The van der Waals surface area contributed by atoms with Crippen LogP contribution in [-0.4, -0.2) is 37.0 Å². The van der Waals surface area contributed by atoms with E-state index in [1.807, 2.05) is 36.1 Å². The number of piperidine rings is 1. The monoisotopic (exact) mass is 367 g/mol. The number of rotatable bonds is 5. The van der Waals surface area contributed by atoms with Crippen LogP contribution in [0.25, 0.3) is 0 Å². The van der Waals surface area contributed by atoms with Gasteiger partial charge in [-0.25, -0.2) is 0 Å². The van der Waals surface area contributed by atoms with Crippen molar-refractivity contribution in [2.75, 3.05) is 26.2 Å². The van der Waals surface area contributed by atoms with E-state index in [1.165, 1.54) is 0 Å². The fraction of sp³-hybridized carbons (Fsp3) is 0.588. The highest BCUT2D eigenvalue weighted by molar-refractivity contribution is 9.10. The molecule has 1 aliphatic rings. The number of nitrogens with one attached hydrogen (secondary N) is 1. The smallest absolute Gasteiger partial charge is 0.246 e. The van der Waals surface area contributed by atoms with Crippen LogP contribution in [0.5, 0.6) is 0 Å². The van der Waals surface area contributed by atoms with Crippen LogP contribution in [-0.2, 0) is 10.3 Å². The number of amides is 1. The van der Waals surface area contributed by atoms with Crippen molar-refractivity contribution in [1.82, 2.24) is 10.2 Å². The lowest BCUT2D eigenvalue weighted by Crippen LogP contribution is -2.53. The van der Waals surface area contributed by atoms with Crippen LogP contribution in [0.2, 0.25) is 0 Å². The summed E-state index contributed by atoms with van der Waals surface area (Å²) in [5.41, 5.74) is 6.25. The van der Waals surface area contributed by atoms with Gasteiger partial charge in [0.15, 0.2) is 0 Å². The molecule has 1 aromatic rings. The van der Waals surface area contributed by atoms with E-state index in [-0.39, 0.29) is 5.91 Å². The van der Waals surface area contributed by atoms with Crippen molar-refractivity contribution < 1.29 is 4.79 Å². The fourth-order valence-electron chi connectivity index (χ4n) is 2.94. The second-order valence-electron chi connectivity index (χ2n) is 6.25. The summed E-state index contributed by atoms with van der Waals surface area (Å²) in [6, 6.07) is 7.69. The second-order valence-corrected chi connectivity index (χ2v) is 7.17. The molecule has 0 saturated carbocycles. The summed E-state index contributed by atoms with van der Waals surface area (Å²) in [4.78, 5) is 14.7. The van der Waals surface area contributed by atoms with Crippen molar-refractivity contribution in [1.29, 1.82) is 0 Å². The van der Waals surface area contributed by atoms with E-state index in [0.717, 1.165) is 49.1 Å². The summed E-state index contributed by atoms with van der Waals surface area (Å²) in [5.74, 6) is 0.692. The van der Waals surface area contributed by atoms with Gasteiger partial charge < -0.3 is 16.0 Å². The van der Waals surface area contributed by atoms with Gasteiger partial charge >= 0.3 is 0 Å². The maximum absolute atomic E-state index is 12.8. The summed E-state index contributed by atoms with van der Waals surface area (Å²) in [6.45, 7) is 7.59. The van der Waals surface area contributed by atoms with Crippen molar-refractivity contribution in [3.8, 4) is 0 Å². The van der Waals surface area contributed by atoms with E-state index < -0.39 is 5.54 Å². The zero-order valence-electron chi connectivity index (χ0n) is 13.4. The Balaban J connectivity index is 1.98. The standard InChI is InChI=1S/C17H26BrN3O/c1-3-20-12-13-8-10-21(11-9-13)16(22)17(2,19)14-4-6-15(18)7-5-14/h4-7,13,20H,3,8-12,19H2,1-2H3. The third-order valence-corrected chi connectivity index (χ3v) is 5.00. The quantitative estimate of drug-likeness (QED) is 0.840. The van der Waals surface area contributed by atoms with E-state index in [0.29, 0.717) is 5.92 Å². The zero-order chi connectivity index (χ0) is 16.2. The molecule has 0 aromatic heterocycles. The third-order valence-electron chi connectivity index (χ3n) is 4.47. The van der Waals surface area contributed by atoms with Gasteiger partial charge in [-0.15, -0.1) is 0 Å². The SMILES string of the molecule is CCNCC1CCN(C(=O)C(C)(N)c2ccc(Br)cc2)CC1. The van der Waals surface area contributed by atoms with Crippen molar-refractivity contribution in [3.05, 3.63) is 34.3 Å². The molecule has 0 radical (unpaired) electrons. The second kappa shape index (κ2) is 7.57. The lowest BCUT2D eigenvalue weighted by atomic mass is 9.89. The molecule has 0 bridgehead atoms. The third kappa shape index (κ3) is 4.09. The highest BCUT2D eigenvalue weighted by atomic mass is 79.9. The van der Waals surface area contributed by atoms with Crippen LogP contribution >= 0.6 is 15.9 Å². The van der Waals surface area contributed by atoms with Gasteiger partial charge in [0.1, 0.15) is 5.54 Å². The number of nitrogens with zero attached hydrogens (tertiary/aromatic N) is 1. The molecule has 0 spiro atoms. The van der Waals surface area contributed by atoms with Gasteiger partial charge in [-0.05, 0) is 56.5 Å². The molecular formula is C17H26BrN3O. The number of carbonyl (C=O) groups is 1. The molecule has 2 rings (SSSR count). The lowest BCUT2D eigenvalue weighted by Gasteiger charge is -2.37. The minimum absolute atomic E-state index is 0.0247. The lowest BCUT2D eigenvalue weighted by molar-refractivity contribution is -0.138. The fourth-order valence-corrected chi connectivity index (χ4v) is 3.20. The van der Waals surface area contributed by atoms with Gasteiger partial charge in [-0.3, -0.25) is 4.79 Å². The largest absolute Gasteiger partial charge is 0.341 e. The van der Waals surface area contributed by atoms with Crippen LogP contribution in [0.15, 0.2) is 28.7 Å². The average molecular weight is 368 g/mol. The van der Waals surface area contributed by atoms with Gasteiger partial charge in [-0.2, -0.15) is 0 Å². The molecule has 122 valence electrons. The molecule has 1 fully saturated rings. The molecule has 5 heteroatoms. The normalized spacial score (nSPS) is 19.0. The Morgan fingerprint density at radius 1 is 1.36 bits per heavy atom. The first-order chi connectivity index (χ1) is 10.4. The molecule has 1 heterocycles. The van der Waals surface area contributed by atoms with Gasteiger partial charge in [0, 0.05) is 17.6 Å². The summed E-state index contributed by atoms with van der Waals surface area (Å²) >= 11 is 3.41. The first kappa shape index (κ1) is 17.4. The van der Waals surface area contributed by atoms with Gasteiger partial charge in [0.2, 0.25) is 5.91 Å². The van der Waals surface area contributed by atoms with Crippen LogP contribution in [0, 0.1) is 5.92 Å². The first-order valence-corrected chi connectivity index (χ1v) is 8.79. The number of nitrogens with two attached hydrogens (primary N) is 1. The molecule has 1 aliphatic heterocycles. The van der Waals surface area contributed by atoms with E-state index in [9.17, 15) is 4.79 Å². The molecule has 4 nitrogen and oxygen atoms in total. The summed E-state index contributed by atoms with van der Waals surface area (Å²) < 4.78 is 0.990. The first-order valence-electron chi connectivity index (χ1n) is 8.00. The Kier molecular flexibility index (Phi) is 6.01. The Hall–Kier alpha value is -0.910. The Labute approximate surface area is 141 Å². The van der Waals surface area contributed by atoms with Crippen LogP contribution in [0.1, 0.15) is 32.3 Å². The maximum Gasteiger partial charge on any atom is 0.246 e. The predicted molar refractivity (Wildman–Crippen MR) is 93.5 cm³/mol. The molecule has 3 N–H and O–H groups in total. The van der Waals surface area contributed by atoms with Crippen molar-refractivity contribution in [3.63, 3.8) is 0 Å². The minimum Gasteiger partial charge on any atom is -0.341 e. The minimum atomic E-state index is -0.963. The average Bonchev–Trinajstić information content (AvgIpc) is 2.53. The number of halogens is 1. The number of benzene rings is 1. The molecule has 1 saturated heterocycles. The Morgan fingerprint density at radius 2 is 1.95 bits per heavy atom. The van der Waals surface area contributed by atoms with Gasteiger partial charge in [0.25, 0.3) is 0 Å². The highest BCUT2D eigenvalue weighted by Crippen LogP contribution is 2.25. The summed E-state index contributed by atoms with van der Waals surface area (Å²) in [5, 5.41) is 3.39. The van der Waals surface area contributed by atoms with Crippen molar-refractivity contribution in [2.45, 2.75) is 32.2 Å². The molecular weight excluding hydrogens is 342 g/mol. The van der Waals surface area contributed by atoms with Gasteiger partial charge in [0.05, 0.1) is 0 Å². The van der Waals surface area contributed by atoms with Gasteiger partial charge in [-0.1, -0.05) is 35.0 Å². The number of hydrogen-bond acceptors (Lipinski definition) is 3. The van der Waals surface area contributed by atoms with Crippen LogP contribution in [0.3, 0.4) is 0 Å². The maximum atomic E-state index is 12.8. The number of hydrogen-bond donors (Lipinski definition) is 2. The van der Waals surface area contributed by atoms with E-state index in [2.05, 4.69) is 28.2 Å². The van der Waals surface area contributed by atoms with Crippen LogP contribution in [0.4, 0.5) is 0 Å². The summed E-state index contributed by atoms with van der Waals surface area (Å²) in [7, 11) is 0. The number of likely N-dealkylation sites (tertiary alicyclic amines) is 1. The zero-order valence-corrected chi connectivity index (χ0v) is 15.0. The van der Waals surface area contributed by atoms with E-state index in [4.69, 9.17) is 5.73 Å². The highest BCUT2D eigenvalue weighted by Gasteiger charge is 2.35.